The lowest BCUT2D eigenvalue weighted by atomic mass is 10.2. The fourth-order valence-corrected chi connectivity index (χ4v) is 2.10. The van der Waals surface area contributed by atoms with Crippen molar-refractivity contribution in [1.82, 2.24) is 5.43 Å². The molecule has 0 aliphatic carbocycles. The molecule has 25 heavy (non-hydrogen) atoms. The molecule has 0 aromatic heterocycles. The first-order chi connectivity index (χ1) is 12.0. The van der Waals surface area contributed by atoms with E-state index in [1.54, 1.807) is 6.07 Å². The molecule has 0 heterocycles. The van der Waals surface area contributed by atoms with E-state index in [9.17, 15) is 14.9 Å². The Labute approximate surface area is 144 Å². The Morgan fingerprint density at radius 3 is 2.76 bits per heavy atom. The van der Waals surface area contributed by atoms with Gasteiger partial charge in [-0.1, -0.05) is 18.2 Å². The molecule has 0 saturated carbocycles. The van der Waals surface area contributed by atoms with E-state index in [4.69, 9.17) is 4.74 Å². The molecular formula is C17H18N4O4. The number of benzene rings is 2. The van der Waals surface area contributed by atoms with E-state index >= 15 is 0 Å². The van der Waals surface area contributed by atoms with E-state index in [-0.39, 0.29) is 23.9 Å². The third kappa shape index (κ3) is 5.03. The number of nitrogens with one attached hydrogen (secondary N) is 2. The van der Waals surface area contributed by atoms with Crippen LogP contribution in [-0.2, 0) is 4.79 Å². The molecule has 0 aliphatic heterocycles. The summed E-state index contributed by atoms with van der Waals surface area (Å²) in [6, 6.07) is 12.0. The van der Waals surface area contributed by atoms with Crippen LogP contribution in [0.4, 0.5) is 11.4 Å². The molecule has 0 aliphatic rings. The Bertz CT molecular complexity index is 805. The van der Waals surface area contributed by atoms with Crippen molar-refractivity contribution >= 4 is 23.5 Å². The highest BCUT2D eigenvalue weighted by molar-refractivity contribution is 5.85. The summed E-state index contributed by atoms with van der Waals surface area (Å²) in [5, 5.41) is 17.8. The lowest BCUT2D eigenvalue weighted by molar-refractivity contribution is -0.385. The maximum Gasteiger partial charge on any atom is 0.311 e. The first-order valence-corrected chi connectivity index (χ1v) is 7.45. The molecule has 2 aromatic rings. The van der Waals surface area contributed by atoms with Gasteiger partial charge in [0.05, 0.1) is 24.8 Å². The SMILES string of the molecule is COc1ccc(/C=N\NC(=O)CNc2ccccc2C)cc1[N+](=O)[O-]. The molecule has 0 spiro atoms. The van der Waals surface area contributed by atoms with Crippen LogP contribution in [-0.4, -0.2) is 30.7 Å². The van der Waals surface area contributed by atoms with Crippen LogP contribution in [0.5, 0.6) is 5.75 Å². The van der Waals surface area contributed by atoms with E-state index in [1.165, 1.54) is 25.5 Å². The lowest BCUT2D eigenvalue weighted by Crippen LogP contribution is -2.26. The van der Waals surface area contributed by atoms with Crippen LogP contribution < -0.4 is 15.5 Å². The largest absolute Gasteiger partial charge is 0.490 e. The van der Waals surface area contributed by atoms with E-state index in [2.05, 4.69) is 15.8 Å². The monoisotopic (exact) mass is 342 g/mol. The second-order valence-electron chi connectivity index (χ2n) is 5.15. The van der Waals surface area contributed by atoms with Gasteiger partial charge in [0.2, 0.25) is 0 Å². The number of hydrazone groups is 1. The molecule has 1 amide bonds. The van der Waals surface area contributed by atoms with Gasteiger partial charge in [-0.3, -0.25) is 14.9 Å². The number of nitrogens with zero attached hydrogens (tertiary/aromatic N) is 2. The van der Waals surface area contributed by atoms with E-state index in [0.717, 1.165) is 11.3 Å². The molecule has 0 bridgehead atoms. The van der Waals surface area contributed by atoms with Gasteiger partial charge < -0.3 is 10.1 Å². The molecule has 2 rings (SSSR count). The summed E-state index contributed by atoms with van der Waals surface area (Å²) in [6.45, 7) is 2.00. The van der Waals surface area contributed by atoms with Gasteiger partial charge in [0, 0.05) is 17.3 Å². The van der Waals surface area contributed by atoms with Gasteiger partial charge in [-0.25, -0.2) is 5.43 Å². The molecule has 0 fully saturated rings. The van der Waals surface area contributed by atoms with E-state index in [1.807, 2.05) is 31.2 Å². The quantitative estimate of drug-likeness (QED) is 0.457. The van der Waals surface area contributed by atoms with Crippen molar-refractivity contribution in [3.8, 4) is 5.75 Å². The maximum atomic E-state index is 11.8. The summed E-state index contributed by atoms with van der Waals surface area (Å²) >= 11 is 0. The first-order valence-electron chi connectivity index (χ1n) is 7.45. The molecule has 2 aromatic carbocycles. The minimum atomic E-state index is -0.541. The van der Waals surface area contributed by atoms with Crippen LogP contribution in [0, 0.1) is 17.0 Å². The second-order valence-corrected chi connectivity index (χ2v) is 5.15. The minimum Gasteiger partial charge on any atom is -0.490 e. The van der Waals surface area contributed by atoms with Gasteiger partial charge in [-0.2, -0.15) is 5.10 Å². The molecule has 2 N–H and O–H groups in total. The lowest BCUT2D eigenvalue weighted by Gasteiger charge is -2.07. The summed E-state index contributed by atoms with van der Waals surface area (Å²) < 4.78 is 4.92. The fraction of sp³-hybridized carbons (Fsp3) is 0.176. The zero-order chi connectivity index (χ0) is 18.2. The minimum absolute atomic E-state index is 0.0605. The molecule has 130 valence electrons. The molecule has 0 saturated heterocycles. The summed E-state index contributed by atoms with van der Waals surface area (Å²) in [7, 11) is 1.36. The number of methoxy groups -OCH3 is 1. The number of aryl methyl sites for hydroxylation is 1. The molecule has 0 atom stereocenters. The van der Waals surface area contributed by atoms with Crippen LogP contribution in [0.2, 0.25) is 0 Å². The summed E-state index contributed by atoms with van der Waals surface area (Å²) in [4.78, 5) is 22.2. The number of para-hydroxylation sites is 1. The van der Waals surface area contributed by atoms with Crippen LogP contribution in [0.25, 0.3) is 0 Å². The highest BCUT2D eigenvalue weighted by Gasteiger charge is 2.14. The number of rotatable bonds is 7. The summed E-state index contributed by atoms with van der Waals surface area (Å²) in [5.74, 6) is -0.170. The van der Waals surface area contributed by atoms with Crippen molar-refractivity contribution in [2.75, 3.05) is 19.0 Å². The Balaban J connectivity index is 1.92. The highest BCUT2D eigenvalue weighted by Crippen LogP contribution is 2.26. The number of hydrogen-bond acceptors (Lipinski definition) is 6. The van der Waals surface area contributed by atoms with Crippen molar-refractivity contribution in [3.63, 3.8) is 0 Å². The molecule has 8 nitrogen and oxygen atoms in total. The van der Waals surface area contributed by atoms with Gasteiger partial charge in [0.25, 0.3) is 5.91 Å². The number of amides is 1. The smallest absolute Gasteiger partial charge is 0.311 e. The van der Waals surface area contributed by atoms with Crippen molar-refractivity contribution in [1.29, 1.82) is 0 Å². The average molecular weight is 342 g/mol. The van der Waals surface area contributed by atoms with Gasteiger partial charge in [0.15, 0.2) is 5.75 Å². The van der Waals surface area contributed by atoms with Crippen LogP contribution in [0.15, 0.2) is 47.6 Å². The number of nitro benzene ring substituents is 1. The number of hydrogen-bond donors (Lipinski definition) is 2. The van der Waals surface area contributed by atoms with Crippen LogP contribution >= 0.6 is 0 Å². The number of carbonyl (C=O) groups excluding carboxylic acids is 1. The predicted molar refractivity (Wildman–Crippen MR) is 95.1 cm³/mol. The zero-order valence-corrected chi connectivity index (χ0v) is 13.9. The van der Waals surface area contributed by atoms with E-state index in [0.29, 0.717) is 5.56 Å². The van der Waals surface area contributed by atoms with E-state index < -0.39 is 4.92 Å². The molecular weight excluding hydrogens is 324 g/mol. The Hall–Kier alpha value is -3.42. The number of carbonyl (C=O) groups is 1. The van der Waals surface area contributed by atoms with Crippen molar-refractivity contribution in [2.45, 2.75) is 6.92 Å². The summed E-state index contributed by atoms with van der Waals surface area (Å²) in [5.41, 5.74) is 4.57. The zero-order valence-electron chi connectivity index (χ0n) is 13.9. The maximum absolute atomic E-state index is 11.8. The molecule has 0 radical (unpaired) electrons. The number of nitro groups is 1. The molecule has 0 unspecified atom stereocenters. The first kappa shape index (κ1) is 17.9. The number of ether oxygens (including phenoxy) is 1. The topological polar surface area (TPSA) is 106 Å². The van der Waals surface area contributed by atoms with Crippen molar-refractivity contribution in [3.05, 3.63) is 63.7 Å². The normalized spacial score (nSPS) is 10.5. The molecule has 8 heteroatoms. The Kier molecular flexibility index (Phi) is 6.05. The van der Waals surface area contributed by atoms with Gasteiger partial charge >= 0.3 is 5.69 Å². The fourth-order valence-electron chi connectivity index (χ4n) is 2.10. The van der Waals surface area contributed by atoms with Gasteiger partial charge in [-0.05, 0) is 30.7 Å². The van der Waals surface area contributed by atoms with Gasteiger partial charge in [-0.15, -0.1) is 0 Å². The Morgan fingerprint density at radius 2 is 2.08 bits per heavy atom. The Morgan fingerprint density at radius 1 is 1.32 bits per heavy atom. The van der Waals surface area contributed by atoms with Crippen LogP contribution in [0.1, 0.15) is 11.1 Å². The summed E-state index contributed by atoms with van der Waals surface area (Å²) in [6.07, 6.45) is 1.33. The third-order valence-corrected chi connectivity index (χ3v) is 3.39. The highest BCUT2D eigenvalue weighted by atomic mass is 16.6. The van der Waals surface area contributed by atoms with Gasteiger partial charge in [0.1, 0.15) is 0 Å². The van der Waals surface area contributed by atoms with Crippen molar-refractivity contribution < 1.29 is 14.5 Å². The number of anilines is 1. The standard InChI is InChI=1S/C17H18N4O4/c1-12-5-3-4-6-14(12)18-11-17(22)20-19-10-13-7-8-16(25-2)15(9-13)21(23)24/h3-10,18H,11H2,1-2H3,(H,20,22)/b19-10-. The average Bonchev–Trinajstić information content (AvgIpc) is 2.61. The predicted octanol–water partition coefficient (Wildman–Crippen LogP) is 2.47. The second kappa shape index (κ2) is 8.44. The van der Waals surface area contributed by atoms with Crippen LogP contribution in [0.3, 0.4) is 0 Å². The van der Waals surface area contributed by atoms with Crippen molar-refractivity contribution in [2.24, 2.45) is 5.10 Å². The third-order valence-electron chi connectivity index (χ3n) is 3.39.